The van der Waals surface area contributed by atoms with Gasteiger partial charge in [-0.05, 0) is 24.3 Å². The fraction of sp³-hybridized carbons (Fsp3) is 0.0625. The lowest BCUT2D eigenvalue weighted by Gasteiger charge is -2.08. The van der Waals surface area contributed by atoms with E-state index in [1.807, 2.05) is 0 Å². The van der Waals surface area contributed by atoms with Crippen molar-refractivity contribution in [1.82, 2.24) is 0 Å². The van der Waals surface area contributed by atoms with E-state index in [4.69, 9.17) is 4.42 Å². The molecule has 1 heterocycles. The third-order valence-corrected chi connectivity index (χ3v) is 3.93. The summed E-state index contributed by atoms with van der Waals surface area (Å²) in [6.45, 7) is 0. The summed E-state index contributed by atoms with van der Waals surface area (Å²) >= 11 is 3.31. The second-order valence-corrected chi connectivity index (χ2v) is 5.23. The molecule has 0 atom stereocenters. The van der Waals surface area contributed by atoms with Crippen LogP contribution in [0.3, 0.4) is 0 Å². The molecule has 22 heavy (non-hydrogen) atoms. The molecule has 0 unspecified atom stereocenters. The number of hydrogen-bond donors (Lipinski definition) is 0. The normalized spacial score (nSPS) is 10.8. The number of fused-ring (bicyclic) bond motifs is 1. The minimum Gasteiger partial charge on any atom is -0.455 e. The van der Waals surface area contributed by atoms with E-state index in [1.54, 1.807) is 36.4 Å². The van der Waals surface area contributed by atoms with Gasteiger partial charge in [0.2, 0.25) is 0 Å². The molecule has 3 aromatic rings. The molecular formula is C16H10BrNO4. The maximum Gasteiger partial charge on any atom is 0.269 e. The van der Waals surface area contributed by atoms with E-state index in [-0.39, 0.29) is 11.1 Å². The molecule has 5 nitrogen and oxygen atoms in total. The number of nitro groups is 1. The Labute approximate surface area is 133 Å². The number of rotatable bonds is 3. The van der Waals surface area contributed by atoms with Gasteiger partial charge in [0.15, 0.2) is 5.43 Å². The molecule has 0 saturated carbocycles. The molecular weight excluding hydrogens is 350 g/mol. The summed E-state index contributed by atoms with van der Waals surface area (Å²) in [6.07, 6.45) is 0. The highest BCUT2D eigenvalue weighted by Crippen LogP contribution is 2.28. The first-order chi connectivity index (χ1) is 10.6. The zero-order chi connectivity index (χ0) is 15.7. The molecule has 0 fully saturated rings. The zero-order valence-electron chi connectivity index (χ0n) is 11.3. The van der Waals surface area contributed by atoms with Crippen LogP contribution in [0.2, 0.25) is 0 Å². The number of nitrogens with zero attached hydrogens (tertiary/aromatic N) is 1. The minimum atomic E-state index is -0.467. The topological polar surface area (TPSA) is 73.3 Å². The molecule has 110 valence electrons. The van der Waals surface area contributed by atoms with Gasteiger partial charge in [0.1, 0.15) is 11.3 Å². The summed E-state index contributed by atoms with van der Waals surface area (Å²) in [7, 11) is 0. The van der Waals surface area contributed by atoms with Gasteiger partial charge < -0.3 is 4.42 Å². The number of halogens is 1. The van der Waals surface area contributed by atoms with Gasteiger partial charge in [-0.15, -0.1) is 0 Å². The first-order valence-corrected chi connectivity index (χ1v) is 7.59. The molecule has 0 saturated heterocycles. The third kappa shape index (κ3) is 2.42. The Morgan fingerprint density at radius 2 is 1.77 bits per heavy atom. The summed E-state index contributed by atoms with van der Waals surface area (Å²) in [4.78, 5) is 22.8. The van der Waals surface area contributed by atoms with E-state index in [0.717, 1.165) is 0 Å². The highest BCUT2D eigenvalue weighted by molar-refractivity contribution is 9.08. The molecule has 3 rings (SSSR count). The Kier molecular flexibility index (Phi) is 3.77. The van der Waals surface area contributed by atoms with Crippen molar-refractivity contribution in [2.75, 3.05) is 0 Å². The monoisotopic (exact) mass is 359 g/mol. The van der Waals surface area contributed by atoms with E-state index < -0.39 is 4.92 Å². The third-order valence-electron chi connectivity index (χ3n) is 3.37. The van der Waals surface area contributed by atoms with Crippen LogP contribution in [-0.4, -0.2) is 4.92 Å². The molecule has 2 aromatic carbocycles. The van der Waals surface area contributed by atoms with Crippen LogP contribution in [0.5, 0.6) is 0 Å². The molecule has 0 amide bonds. The summed E-state index contributed by atoms with van der Waals surface area (Å²) in [5.74, 6) is 0.426. The first-order valence-electron chi connectivity index (χ1n) is 6.47. The second-order valence-electron chi connectivity index (χ2n) is 4.67. The van der Waals surface area contributed by atoms with E-state index in [2.05, 4.69) is 15.9 Å². The number of para-hydroxylation sites is 1. The molecule has 0 bridgehead atoms. The van der Waals surface area contributed by atoms with Crippen molar-refractivity contribution in [3.63, 3.8) is 0 Å². The average Bonchev–Trinajstić information content (AvgIpc) is 2.55. The lowest BCUT2D eigenvalue weighted by atomic mass is 10.1. The number of hydrogen-bond acceptors (Lipinski definition) is 4. The standard InChI is InChI=1S/C16H10BrNO4/c17-9-13-15(19)12-3-1-2-4-14(12)22-16(13)10-5-7-11(8-6-10)18(20)21/h1-8H,9H2. The summed E-state index contributed by atoms with van der Waals surface area (Å²) in [5, 5.41) is 11.6. The molecule has 0 aliphatic heterocycles. The quantitative estimate of drug-likeness (QED) is 0.397. The predicted octanol–water partition coefficient (Wildman–Crippen LogP) is 4.26. The second kappa shape index (κ2) is 5.73. The van der Waals surface area contributed by atoms with Gasteiger partial charge in [-0.25, -0.2) is 0 Å². The zero-order valence-corrected chi connectivity index (χ0v) is 12.9. The van der Waals surface area contributed by atoms with Gasteiger partial charge in [0.05, 0.1) is 15.9 Å². The van der Waals surface area contributed by atoms with Crippen molar-refractivity contribution in [1.29, 1.82) is 0 Å². The van der Waals surface area contributed by atoms with E-state index in [0.29, 0.717) is 33.2 Å². The van der Waals surface area contributed by atoms with Crippen molar-refractivity contribution in [2.24, 2.45) is 0 Å². The number of alkyl halides is 1. The van der Waals surface area contributed by atoms with Crippen LogP contribution in [0.1, 0.15) is 5.56 Å². The molecule has 0 N–H and O–H groups in total. The van der Waals surface area contributed by atoms with Crippen LogP contribution in [0.25, 0.3) is 22.3 Å². The fourth-order valence-corrected chi connectivity index (χ4v) is 2.78. The molecule has 0 aliphatic carbocycles. The minimum absolute atomic E-state index is 0.00715. The first kappa shape index (κ1) is 14.5. The van der Waals surface area contributed by atoms with Gasteiger partial charge >= 0.3 is 0 Å². The summed E-state index contributed by atoms with van der Waals surface area (Å²) in [5.41, 5.74) is 1.50. The van der Waals surface area contributed by atoms with Crippen molar-refractivity contribution < 1.29 is 9.34 Å². The maximum absolute atomic E-state index is 12.5. The molecule has 1 aromatic heterocycles. The maximum atomic E-state index is 12.5. The van der Waals surface area contributed by atoms with Crippen molar-refractivity contribution in [2.45, 2.75) is 5.33 Å². The van der Waals surface area contributed by atoms with Crippen LogP contribution in [0, 0.1) is 10.1 Å². The number of benzene rings is 2. The molecule has 0 spiro atoms. The van der Waals surface area contributed by atoms with Crippen molar-refractivity contribution in [3.8, 4) is 11.3 Å². The van der Waals surface area contributed by atoms with Crippen LogP contribution in [0.4, 0.5) is 5.69 Å². The van der Waals surface area contributed by atoms with Gasteiger partial charge in [-0.2, -0.15) is 0 Å². The Morgan fingerprint density at radius 1 is 1.09 bits per heavy atom. The molecule has 6 heteroatoms. The number of non-ortho nitro benzene ring substituents is 1. The highest BCUT2D eigenvalue weighted by atomic mass is 79.9. The molecule has 0 aliphatic rings. The van der Waals surface area contributed by atoms with Crippen LogP contribution in [-0.2, 0) is 5.33 Å². The van der Waals surface area contributed by atoms with Gasteiger partial charge in [0.25, 0.3) is 5.69 Å². The predicted molar refractivity (Wildman–Crippen MR) is 87.2 cm³/mol. The van der Waals surface area contributed by atoms with E-state index >= 15 is 0 Å². The largest absolute Gasteiger partial charge is 0.455 e. The smallest absolute Gasteiger partial charge is 0.269 e. The fourth-order valence-electron chi connectivity index (χ4n) is 2.27. The van der Waals surface area contributed by atoms with Crippen molar-refractivity contribution in [3.05, 3.63) is 74.4 Å². The van der Waals surface area contributed by atoms with Crippen LogP contribution >= 0.6 is 15.9 Å². The summed E-state index contributed by atoms with van der Waals surface area (Å²) in [6, 6.07) is 13.0. The Balaban J connectivity index is 2.25. The average molecular weight is 360 g/mol. The van der Waals surface area contributed by atoms with Gasteiger partial charge in [-0.3, -0.25) is 14.9 Å². The van der Waals surface area contributed by atoms with E-state index in [1.165, 1.54) is 12.1 Å². The Morgan fingerprint density at radius 3 is 2.41 bits per heavy atom. The van der Waals surface area contributed by atoms with E-state index in [9.17, 15) is 14.9 Å². The molecule has 0 radical (unpaired) electrons. The summed E-state index contributed by atoms with van der Waals surface area (Å²) < 4.78 is 5.85. The Bertz CT molecular complexity index is 916. The number of nitro benzene ring substituents is 1. The van der Waals surface area contributed by atoms with Crippen LogP contribution in [0.15, 0.2) is 57.7 Å². The SMILES string of the molecule is O=c1c(CBr)c(-c2ccc([N+](=O)[O-])cc2)oc2ccccc12. The van der Waals surface area contributed by atoms with Gasteiger partial charge in [0, 0.05) is 23.0 Å². The van der Waals surface area contributed by atoms with Crippen LogP contribution < -0.4 is 5.43 Å². The lowest BCUT2D eigenvalue weighted by molar-refractivity contribution is -0.384. The highest BCUT2D eigenvalue weighted by Gasteiger charge is 2.16. The lowest BCUT2D eigenvalue weighted by Crippen LogP contribution is -2.09. The van der Waals surface area contributed by atoms with Gasteiger partial charge in [-0.1, -0.05) is 28.1 Å². The Hall–Kier alpha value is -2.47. The van der Waals surface area contributed by atoms with Crippen molar-refractivity contribution >= 4 is 32.6 Å².